The number of carbonyl (C=O) groups is 2. The van der Waals surface area contributed by atoms with Crippen molar-refractivity contribution >= 4 is 33.2 Å². The summed E-state index contributed by atoms with van der Waals surface area (Å²) in [6, 6.07) is 11.6. The molecule has 0 saturated heterocycles. The number of benzene rings is 3. The Morgan fingerprint density at radius 3 is 2.12 bits per heavy atom. The van der Waals surface area contributed by atoms with E-state index in [2.05, 4.69) is 10.0 Å². The predicted octanol–water partition coefficient (Wildman–Crippen LogP) is 4.21. The summed E-state index contributed by atoms with van der Waals surface area (Å²) in [6.45, 7) is 7.07. The summed E-state index contributed by atoms with van der Waals surface area (Å²) < 4.78 is 42.5. The monoisotopic (exact) mass is 469 g/mol. The van der Waals surface area contributed by atoms with Gasteiger partial charge in [-0.1, -0.05) is 23.8 Å². The average molecular weight is 470 g/mol. The fraction of sp³-hybridized carbons (Fsp3) is 0.167. The molecule has 0 aromatic heterocycles. The van der Waals surface area contributed by atoms with Crippen molar-refractivity contribution in [2.45, 2.75) is 32.6 Å². The number of sulfonamides is 1. The Morgan fingerprint density at radius 2 is 1.52 bits per heavy atom. The van der Waals surface area contributed by atoms with Crippen LogP contribution in [0.15, 0.2) is 53.4 Å². The zero-order valence-electron chi connectivity index (χ0n) is 18.6. The summed E-state index contributed by atoms with van der Waals surface area (Å²) >= 11 is 0. The number of primary amides is 1. The van der Waals surface area contributed by atoms with Gasteiger partial charge in [-0.3, -0.25) is 14.3 Å². The number of rotatable bonds is 6. The van der Waals surface area contributed by atoms with Crippen molar-refractivity contribution < 1.29 is 22.4 Å². The minimum atomic E-state index is -3.91. The van der Waals surface area contributed by atoms with Gasteiger partial charge in [0.2, 0.25) is 0 Å². The van der Waals surface area contributed by atoms with E-state index in [1.165, 1.54) is 18.2 Å². The van der Waals surface area contributed by atoms with E-state index < -0.39 is 27.7 Å². The van der Waals surface area contributed by atoms with E-state index in [4.69, 9.17) is 5.73 Å². The lowest BCUT2D eigenvalue weighted by molar-refractivity contribution is 0.0992. The zero-order valence-corrected chi connectivity index (χ0v) is 19.4. The van der Waals surface area contributed by atoms with Gasteiger partial charge in [-0.25, -0.2) is 12.8 Å². The van der Waals surface area contributed by atoms with Crippen LogP contribution in [0.3, 0.4) is 0 Å². The maximum Gasteiger partial charge on any atom is 0.262 e. The molecule has 9 heteroatoms. The van der Waals surface area contributed by atoms with Crippen LogP contribution in [0.25, 0.3) is 0 Å². The summed E-state index contributed by atoms with van der Waals surface area (Å²) in [5.41, 5.74) is 8.19. The predicted molar refractivity (Wildman–Crippen MR) is 126 cm³/mol. The molecule has 3 aromatic carbocycles. The van der Waals surface area contributed by atoms with Gasteiger partial charge in [-0.2, -0.15) is 0 Å². The van der Waals surface area contributed by atoms with Crippen molar-refractivity contribution in [3.63, 3.8) is 0 Å². The molecule has 4 N–H and O–H groups in total. The smallest absolute Gasteiger partial charge is 0.262 e. The van der Waals surface area contributed by atoms with Crippen molar-refractivity contribution in [3.8, 4) is 0 Å². The number of amides is 2. The fourth-order valence-corrected chi connectivity index (χ4v) is 5.23. The van der Waals surface area contributed by atoms with Crippen LogP contribution in [0.1, 0.15) is 43.0 Å². The maximum atomic E-state index is 13.7. The van der Waals surface area contributed by atoms with E-state index in [0.29, 0.717) is 16.7 Å². The first-order valence-electron chi connectivity index (χ1n) is 10.0. The summed E-state index contributed by atoms with van der Waals surface area (Å²) in [4.78, 5) is 24.2. The number of halogens is 1. The molecule has 0 aliphatic rings. The number of anilines is 2. The molecule has 3 aromatic rings. The first kappa shape index (κ1) is 23.9. The van der Waals surface area contributed by atoms with Crippen molar-refractivity contribution in [2.24, 2.45) is 5.73 Å². The lowest BCUT2D eigenvalue weighted by Gasteiger charge is -2.16. The molecule has 0 saturated carbocycles. The second-order valence-corrected chi connectivity index (χ2v) is 9.50. The van der Waals surface area contributed by atoms with E-state index in [9.17, 15) is 22.4 Å². The van der Waals surface area contributed by atoms with Crippen molar-refractivity contribution in [3.05, 3.63) is 87.7 Å². The van der Waals surface area contributed by atoms with Gasteiger partial charge in [0.25, 0.3) is 21.8 Å². The molecule has 3 rings (SSSR count). The van der Waals surface area contributed by atoms with E-state index in [0.717, 1.165) is 17.7 Å². The zero-order chi connectivity index (χ0) is 24.5. The molecule has 0 unspecified atom stereocenters. The molecule has 0 heterocycles. The van der Waals surface area contributed by atoms with Gasteiger partial charge in [-0.05, 0) is 74.7 Å². The summed E-state index contributed by atoms with van der Waals surface area (Å²) in [5.74, 6) is -2.33. The lowest BCUT2D eigenvalue weighted by Crippen LogP contribution is -2.18. The molecule has 0 radical (unpaired) electrons. The standard InChI is InChI=1S/C24H24FN3O4S/c1-13-9-15(3)22(16(4)10-13)33(31,32)28-21-11-17(6-5-14(21)2)24(30)27-18-7-8-20(25)19(12-18)23(26)29/h5-12,28H,1-4H3,(H2,26,29)(H,27,30). The van der Waals surface area contributed by atoms with Gasteiger partial charge < -0.3 is 11.1 Å². The van der Waals surface area contributed by atoms with Gasteiger partial charge in [0.1, 0.15) is 5.82 Å². The minimum absolute atomic E-state index is 0.167. The lowest BCUT2D eigenvalue weighted by atomic mass is 10.1. The van der Waals surface area contributed by atoms with E-state index >= 15 is 0 Å². The van der Waals surface area contributed by atoms with Crippen LogP contribution in [0.5, 0.6) is 0 Å². The number of carbonyl (C=O) groups excluding carboxylic acids is 2. The number of nitrogens with one attached hydrogen (secondary N) is 2. The topological polar surface area (TPSA) is 118 Å². The fourth-order valence-electron chi connectivity index (χ4n) is 3.65. The number of hydrogen-bond acceptors (Lipinski definition) is 4. The third-order valence-electron chi connectivity index (χ3n) is 5.11. The molecule has 2 amide bonds. The van der Waals surface area contributed by atoms with Gasteiger partial charge in [0.05, 0.1) is 16.1 Å². The Bertz CT molecular complexity index is 1360. The SMILES string of the molecule is Cc1cc(C)c(S(=O)(=O)Nc2cc(C(=O)Nc3ccc(F)c(C(N)=O)c3)ccc2C)c(C)c1. The summed E-state index contributed by atoms with van der Waals surface area (Å²) in [7, 11) is -3.91. The first-order valence-corrected chi connectivity index (χ1v) is 11.5. The Balaban J connectivity index is 1.91. The van der Waals surface area contributed by atoms with Crippen LogP contribution in [-0.2, 0) is 10.0 Å². The van der Waals surface area contributed by atoms with Crippen LogP contribution >= 0.6 is 0 Å². The second-order valence-electron chi connectivity index (χ2n) is 7.88. The molecular formula is C24H24FN3O4S. The third-order valence-corrected chi connectivity index (χ3v) is 6.78. The van der Waals surface area contributed by atoms with Crippen LogP contribution in [-0.4, -0.2) is 20.2 Å². The number of aryl methyl sites for hydroxylation is 4. The highest BCUT2D eigenvalue weighted by Gasteiger charge is 2.21. The molecule has 0 aliphatic heterocycles. The van der Waals surface area contributed by atoms with E-state index in [-0.39, 0.29) is 27.4 Å². The van der Waals surface area contributed by atoms with Crippen LogP contribution in [0.2, 0.25) is 0 Å². The Labute approximate surface area is 191 Å². The van der Waals surface area contributed by atoms with E-state index in [1.807, 2.05) is 6.92 Å². The molecule has 0 aliphatic carbocycles. The molecule has 33 heavy (non-hydrogen) atoms. The van der Waals surface area contributed by atoms with Gasteiger partial charge in [-0.15, -0.1) is 0 Å². The summed E-state index contributed by atoms with van der Waals surface area (Å²) in [6.07, 6.45) is 0. The van der Waals surface area contributed by atoms with E-state index in [1.54, 1.807) is 39.0 Å². The van der Waals surface area contributed by atoms with Crippen molar-refractivity contribution in [2.75, 3.05) is 10.0 Å². The van der Waals surface area contributed by atoms with Gasteiger partial charge >= 0.3 is 0 Å². The van der Waals surface area contributed by atoms with Crippen LogP contribution in [0, 0.1) is 33.5 Å². The van der Waals surface area contributed by atoms with Crippen molar-refractivity contribution in [1.29, 1.82) is 0 Å². The van der Waals surface area contributed by atoms with Gasteiger partial charge in [0.15, 0.2) is 0 Å². The van der Waals surface area contributed by atoms with Gasteiger partial charge in [0, 0.05) is 11.3 Å². The summed E-state index contributed by atoms with van der Waals surface area (Å²) in [5, 5.41) is 2.56. The highest BCUT2D eigenvalue weighted by atomic mass is 32.2. The van der Waals surface area contributed by atoms with Crippen molar-refractivity contribution in [1.82, 2.24) is 0 Å². The number of nitrogens with two attached hydrogens (primary N) is 1. The molecule has 0 spiro atoms. The first-order chi connectivity index (χ1) is 15.4. The largest absolute Gasteiger partial charge is 0.366 e. The molecule has 0 fully saturated rings. The molecular weight excluding hydrogens is 445 g/mol. The third kappa shape index (κ3) is 5.20. The Kier molecular flexibility index (Phi) is 6.55. The highest BCUT2D eigenvalue weighted by molar-refractivity contribution is 7.92. The quantitative estimate of drug-likeness (QED) is 0.501. The van der Waals surface area contributed by atoms with Crippen LogP contribution in [0.4, 0.5) is 15.8 Å². The molecule has 0 bridgehead atoms. The normalized spacial score (nSPS) is 11.2. The molecule has 0 atom stereocenters. The van der Waals surface area contributed by atoms with Crippen LogP contribution < -0.4 is 15.8 Å². The number of hydrogen-bond donors (Lipinski definition) is 3. The Morgan fingerprint density at radius 1 is 0.879 bits per heavy atom. The highest BCUT2D eigenvalue weighted by Crippen LogP contribution is 2.27. The average Bonchev–Trinajstić information content (AvgIpc) is 2.69. The Hall–Kier alpha value is -3.72. The second kappa shape index (κ2) is 9.03. The minimum Gasteiger partial charge on any atom is -0.366 e. The maximum absolute atomic E-state index is 13.7. The molecule has 172 valence electrons. The molecule has 7 nitrogen and oxygen atoms in total.